The van der Waals surface area contributed by atoms with Gasteiger partial charge in [0.05, 0.1) is 12.9 Å². The number of hydrogen-bond donors (Lipinski definition) is 5. The van der Waals surface area contributed by atoms with Gasteiger partial charge in [-0.05, 0) is 0 Å². The Labute approximate surface area is 113 Å². The first-order chi connectivity index (χ1) is 9.52. The number of aliphatic imine (C=N–C) groups is 2. The summed E-state index contributed by atoms with van der Waals surface area (Å²) in [5, 5.41) is 31.1. The Hall–Kier alpha value is -1.75. The number of carbonyl (C=O) groups is 1. The van der Waals surface area contributed by atoms with Gasteiger partial charge in [-0.1, -0.05) is 0 Å². The van der Waals surface area contributed by atoms with E-state index in [0.717, 1.165) is 0 Å². The van der Waals surface area contributed by atoms with E-state index in [1.54, 1.807) is 0 Å². The van der Waals surface area contributed by atoms with E-state index in [2.05, 4.69) is 15.3 Å². The summed E-state index contributed by atoms with van der Waals surface area (Å²) >= 11 is 0. The molecular formula is C10H15N5O5. The van der Waals surface area contributed by atoms with E-state index >= 15 is 0 Å². The summed E-state index contributed by atoms with van der Waals surface area (Å²) in [5.41, 5.74) is 5.50. The zero-order chi connectivity index (χ0) is 14.4. The molecule has 3 aliphatic rings. The fraction of sp³-hybridized carbons (Fsp3) is 0.700. The van der Waals surface area contributed by atoms with Gasteiger partial charge in [-0.15, -0.1) is 0 Å². The predicted octanol–water partition coefficient (Wildman–Crippen LogP) is -4.09. The number of guanidine groups is 1. The van der Waals surface area contributed by atoms with Crippen molar-refractivity contribution in [2.24, 2.45) is 15.7 Å². The minimum atomic E-state index is -1.25. The molecule has 6 atom stereocenters. The summed E-state index contributed by atoms with van der Waals surface area (Å²) in [4.78, 5) is 21.2. The minimum Gasteiger partial charge on any atom is -0.394 e. The van der Waals surface area contributed by atoms with Gasteiger partial charge in [-0.3, -0.25) is 15.1 Å². The maximum absolute atomic E-state index is 11.7. The van der Waals surface area contributed by atoms with Crippen molar-refractivity contribution >= 4 is 18.2 Å². The van der Waals surface area contributed by atoms with Crippen molar-refractivity contribution in [1.82, 2.24) is 10.2 Å². The highest BCUT2D eigenvalue weighted by atomic mass is 16.6. The van der Waals surface area contributed by atoms with Crippen LogP contribution in [-0.2, 0) is 9.53 Å². The molecule has 0 saturated carbocycles. The molecule has 0 aliphatic carbocycles. The number of aliphatic hydroxyl groups is 3. The lowest BCUT2D eigenvalue weighted by Crippen LogP contribution is -2.56. The highest BCUT2D eigenvalue weighted by molar-refractivity contribution is 6.02. The first-order valence-corrected chi connectivity index (χ1v) is 6.10. The molecule has 6 N–H and O–H groups in total. The van der Waals surface area contributed by atoms with Gasteiger partial charge in [-0.2, -0.15) is 0 Å². The van der Waals surface area contributed by atoms with Crippen LogP contribution < -0.4 is 11.1 Å². The van der Waals surface area contributed by atoms with Crippen LogP contribution in [0.1, 0.15) is 0 Å². The lowest BCUT2D eigenvalue weighted by Gasteiger charge is -2.32. The summed E-state index contributed by atoms with van der Waals surface area (Å²) in [6.45, 7) is -0.431. The average Bonchev–Trinajstić information content (AvgIpc) is 2.93. The fourth-order valence-corrected chi connectivity index (χ4v) is 2.52. The Morgan fingerprint density at radius 3 is 2.85 bits per heavy atom. The second kappa shape index (κ2) is 4.66. The number of fused-ring (bicyclic) bond motifs is 1. The lowest BCUT2D eigenvalue weighted by molar-refractivity contribution is -0.124. The number of aliphatic hydroxyl groups excluding tert-OH is 3. The van der Waals surface area contributed by atoms with E-state index in [1.807, 2.05) is 0 Å². The molecular weight excluding hydrogens is 270 g/mol. The Kier molecular flexibility index (Phi) is 3.09. The topological polar surface area (TPSA) is 153 Å². The van der Waals surface area contributed by atoms with Crippen LogP contribution >= 0.6 is 0 Å². The minimum absolute atomic E-state index is 0.0431. The van der Waals surface area contributed by atoms with Crippen LogP contribution in [0.25, 0.3) is 0 Å². The predicted molar refractivity (Wildman–Crippen MR) is 65.4 cm³/mol. The maximum Gasteiger partial charge on any atom is 0.255 e. The number of ether oxygens (including phenoxy) is 1. The summed E-state index contributed by atoms with van der Waals surface area (Å²) in [7, 11) is 0. The molecule has 3 rings (SSSR count). The molecule has 3 heterocycles. The van der Waals surface area contributed by atoms with Gasteiger partial charge in [0, 0.05) is 0 Å². The van der Waals surface area contributed by atoms with Gasteiger partial charge in [0.15, 0.2) is 24.4 Å². The third-order valence-electron chi connectivity index (χ3n) is 3.55. The van der Waals surface area contributed by atoms with Crippen molar-refractivity contribution in [3.05, 3.63) is 0 Å². The number of nitrogens with zero attached hydrogens (tertiary/aromatic N) is 3. The molecule has 10 heteroatoms. The standard InChI is InChI=1S/C10H15N5O5/c11-10-13-7-4(8(19)14-10)12-2-15(7)9-6(18)5(17)3(1-16)20-9/h2-7,9,16-18H,1H2,(H3,11,13,14,19). The quantitative estimate of drug-likeness (QED) is 0.345. The molecule has 1 amide bonds. The second-order valence-electron chi connectivity index (χ2n) is 4.80. The van der Waals surface area contributed by atoms with Crippen LogP contribution in [0.4, 0.5) is 0 Å². The van der Waals surface area contributed by atoms with E-state index in [9.17, 15) is 15.0 Å². The first kappa shape index (κ1) is 13.2. The van der Waals surface area contributed by atoms with Gasteiger partial charge >= 0.3 is 0 Å². The average molecular weight is 285 g/mol. The van der Waals surface area contributed by atoms with Gasteiger partial charge in [-0.25, -0.2) is 4.99 Å². The molecule has 3 aliphatic heterocycles. The van der Waals surface area contributed by atoms with Crippen LogP contribution in [0.5, 0.6) is 0 Å². The number of amides is 1. The van der Waals surface area contributed by atoms with Crippen LogP contribution in [0.15, 0.2) is 9.98 Å². The van der Waals surface area contributed by atoms with Crippen molar-refractivity contribution in [1.29, 1.82) is 0 Å². The molecule has 0 aromatic heterocycles. The van der Waals surface area contributed by atoms with Gasteiger partial charge < -0.3 is 30.7 Å². The number of carbonyl (C=O) groups excluding carboxylic acids is 1. The second-order valence-corrected chi connectivity index (χ2v) is 4.80. The van der Waals surface area contributed by atoms with Gasteiger partial charge in [0.1, 0.15) is 18.3 Å². The molecule has 0 radical (unpaired) electrons. The van der Waals surface area contributed by atoms with E-state index in [1.165, 1.54) is 11.2 Å². The summed E-state index contributed by atoms with van der Waals surface area (Å²) in [6.07, 6.45) is -3.73. The fourth-order valence-electron chi connectivity index (χ4n) is 2.52. The van der Waals surface area contributed by atoms with Gasteiger partial charge in [0.25, 0.3) is 5.91 Å². The molecule has 20 heavy (non-hydrogen) atoms. The number of nitrogens with one attached hydrogen (secondary N) is 1. The summed E-state index contributed by atoms with van der Waals surface area (Å²) < 4.78 is 5.38. The molecule has 0 aromatic rings. The maximum atomic E-state index is 11.7. The monoisotopic (exact) mass is 285 g/mol. The Balaban J connectivity index is 1.84. The van der Waals surface area contributed by atoms with E-state index in [-0.39, 0.29) is 5.96 Å². The lowest BCUT2D eigenvalue weighted by atomic mass is 10.1. The Bertz CT molecular complexity index is 483. The molecule has 10 nitrogen and oxygen atoms in total. The molecule has 110 valence electrons. The third kappa shape index (κ3) is 1.85. The Morgan fingerprint density at radius 2 is 2.20 bits per heavy atom. The van der Waals surface area contributed by atoms with Crippen LogP contribution in [-0.4, -0.2) is 81.8 Å². The summed E-state index contributed by atoms with van der Waals surface area (Å²) in [5.74, 6) is -0.438. The van der Waals surface area contributed by atoms with Crippen molar-refractivity contribution in [3.63, 3.8) is 0 Å². The molecule has 6 unspecified atom stereocenters. The number of hydrogen-bond acceptors (Lipinski definition) is 9. The molecule has 0 spiro atoms. The van der Waals surface area contributed by atoms with Crippen molar-refractivity contribution < 1.29 is 24.9 Å². The highest BCUT2D eigenvalue weighted by Crippen LogP contribution is 2.29. The van der Waals surface area contributed by atoms with Crippen LogP contribution in [0, 0.1) is 0 Å². The third-order valence-corrected chi connectivity index (χ3v) is 3.55. The molecule has 1 saturated heterocycles. The van der Waals surface area contributed by atoms with Crippen molar-refractivity contribution in [2.45, 2.75) is 36.7 Å². The van der Waals surface area contributed by atoms with Crippen LogP contribution in [0.2, 0.25) is 0 Å². The van der Waals surface area contributed by atoms with E-state index < -0.39 is 49.3 Å². The van der Waals surface area contributed by atoms with E-state index in [4.69, 9.17) is 15.6 Å². The van der Waals surface area contributed by atoms with Crippen molar-refractivity contribution in [3.8, 4) is 0 Å². The molecule has 1 fully saturated rings. The van der Waals surface area contributed by atoms with Crippen molar-refractivity contribution in [2.75, 3.05) is 6.61 Å². The summed E-state index contributed by atoms with van der Waals surface area (Å²) in [6, 6.07) is -0.775. The normalized spacial score (nSPS) is 43.5. The first-order valence-electron chi connectivity index (χ1n) is 6.10. The van der Waals surface area contributed by atoms with E-state index in [0.29, 0.717) is 0 Å². The smallest absolute Gasteiger partial charge is 0.255 e. The molecule has 0 aromatic carbocycles. The van der Waals surface area contributed by atoms with Crippen LogP contribution in [0.3, 0.4) is 0 Å². The number of rotatable bonds is 2. The zero-order valence-corrected chi connectivity index (χ0v) is 10.3. The van der Waals surface area contributed by atoms with Gasteiger partial charge in [0.2, 0.25) is 0 Å². The SMILES string of the molecule is NC1=NC2C(N=CN2C2OC(CO)C(O)C2O)C(=O)N1. The number of nitrogens with two attached hydrogens (primary N) is 1. The highest BCUT2D eigenvalue weighted by Gasteiger charge is 2.50. The Morgan fingerprint density at radius 1 is 1.45 bits per heavy atom. The molecule has 0 bridgehead atoms. The zero-order valence-electron chi connectivity index (χ0n) is 10.3. The largest absolute Gasteiger partial charge is 0.394 e.